The van der Waals surface area contributed by atoms with Crippen LogP contribution in [0.4, 0.5) is 4.39 Å². The number of rotatable bonds is 5. The second kappa shape index (κ2) is 9.67. The van der Waals surface area contributed by atoms with E-state index in [4.69, 9.17) is 9.47 Å². The normalized spacial score (nSPS) is 24.3. The van der Waals surface area contributed by atoms with Crippen LogP contribution in [0.1, 0.15) is 37.7 Å². The van der Waals surface area contributed by atoms with Crippen molar-refractivity contribution in [3.63, 3.8) is 0 Å². The number of carbonyl (C=O) groups excluding carboxylic acids is 1. The number of piperidine rings is 2. The molecule has 3 heterocycles. The molecular formula is C28H35FN2O3. The molecule has 2 aromatic rings. The molecule has 1 spiro atoms. The summed E-state index contributed by atoms with van der Waals surface area (Å²) in [7, 11) is 2.10. The largest absolute Gasteiger partial charge is 0.488 e. The minimum atomic E-state index is -0.458. The fourth-order valence-electron chi connectivity index (χ4n) is 5.92. The van der Waals surface area contributed by atoms with Gasteiger partial charge in [0.1, 0.15) is 17.7 Å². The fourth-order valence-corrected chi connectivity index (χ4v) is 5.92. The predicted octanol–water partition coefficient (Wildman–Crippen LogP) is 4.31. The highest BCUT2D eigenvalue weighted by Crippen LogP contribution is 2.41. The number of amides is 1. The van der Waals surface area contributed by atoms with E-state index in [1.165, 1.54) is 6.07 Å². The Morgan fingerprint density at radius 2 is 1.76 bits per heavy atom. The Morgan fingerprint density at radius 3 is 2.47 bits per heavy atom. The fraction of sp³-hybridized carbons (Fsp3) is 0.536. The number of para-hydroxylation sites is 1. The molecular weight excluding hydrogens is 431 g/mol. The summed E-state index contributed by atoms with van der Waals surface area (Å²) in [6, 6.07) is 16.6. The van der Waals surface area contributed by atoms with Gasteiger partial charge in [0.2, 0.25) is 5.91 Å². The molecule has 3 aliphatic rings. The quantitative estimate of drug-likeness (QED) is 0.659. The van der Waals surface area contributed by atoms with Crippen LogP contribution in [0.3, 0.4) is 0 Å². The molecule has 5 rings (SSSR count). The Bertz CT molecular complexity index is 982. The molecule has 34 heavy (non-hydrogen) atoms. The van der Waals surface area contributed by atoms with Crippen LogP contribution in [0.15, 0.2) is 54.6 Å². The smallest absolute Gasteiger partial charge is 0.229 e. The van der Waals surface area contributed by atoms with Gasteiger partial charge in [-0.25, -0.2) is 4.39 Å². The number of carbonyl (C=O) groups is 1. The summed E-state index contributed by atoms with van der Waals surface area (Å²) in [5, 5.41) is 0. The number of benzene rings is 2. The summed E-state index contributed by atoms with van der Waals surface area (Å²) >= 11 is 0. The van der Waals surface area contributed by atoms with Gasteiger partial charge in [-0.1, -0.05) is 30.3 Å². The minimum absolute atomic E-state index is 0.0536. The molecule has 0 aromatic heterocycles. The Balaban J connectivity index is 1.23. The first-order chi connectivity index (χ1) is 16.5. The van der Waals surface area contributed by atoms with Crippen molar-refractivity contribution in [2.24, 2.45) is 5.41 Å². The third kappa shape index (κ3) is 4.98. The SMILES string of the molecule is CN1CCC(Cc2cccc(F)c2)(C(=O)N2CCC3(CC2)CC(Oc2ccccc2)CO3)CC1. The zero-order valence-corrected chi connectivity index (χ0v) is 20.0. The minimum Gasteiger partial charge on any atom is -0.488 e. The van der Waals surface area contributed by atoms with Crippen LogP contribution in [-0.2, 0) is 16.0 Å². The molecule has 182 valence electrons. The lowest BCUT2D eigenvalue weighted by atomic mass is 9.72. The van der Waals surface area contributed by atoms with Gasteiger partial charge in [-0.3, -0.25) is 4.79 Å². The van der Waals surface area contributed by atoms with Crippen molar-refractivity contribution in [1.29, 1.82) is 0 Å². The van der Waals surface area contributed by atoms with Gasteiger partial charge in [-0.15, -0.1) is 0 Å². The van der Waals surface area contributed by atoms with Gasteiger partial charge in [-0.2, -0.15) is 0 Å². The van der Waals surface area contributed by atoms with E-state index in [0.29, 0.717) is 26.1 Å². The van der Waals surface area contributed by atoms with Gasteiger partial charge in [0.15, 0.2) is 0 Å². The average Bonchev–Trinajstić information content (AvgIpc) is 3.23. The van der Waals surface area contributed by atoms with Crippen LogP contribution in [0.2, 0.25) is 0 Å². The lowest BCUT2D eigenvalue weighted by Crippen LogP contribution is -2.54. The molecule has 1 unspecified atom stereocenters. The second-order valence-corrected chi connectivity index (χ2v) is 10.4. The van der Waals surface area contributed by atoms with Gasteiger partial charge in [0, 0.05) is 19.5 Å². The van der Waals surface area contributed by atoms with Crippen LogP contribution in [-0.4, -0.2) is 67.2 Å². The Hall–Kier alpha value is -2.44. The maximum Gasteiger partial charge on any atom is 0.229 e. The second-order valence-electron chi connectivity index (χ2n) is 10.4. The van der Waals surface area contributed by atoms with E-state index in [2.05, 4.69) is 11.9 Å². The highest BCUT2D eigenvalue weighted by molar-refractivity contribution is 5.83. The number of hydrogen-bond acceptors (Lipinski definition) is 4. The molecule has 1 amide bonds. The van der Waals surface area contributed by atoms with E-state index in [9.17, 15) is 9.18 Å². The van der Waals surface area contributed by atoms with E-state index in [1.807, 2.05) is 41.3 Å². The molecule has 3 aliphatic heterocycles. The first-order valence-corrected chi connectivity index (χ1v) is 12.5. The molecule has 1 atom stereocenters. The van der Waals surface area contributed by atoms with E-state index in [1.54, 1.807) is 12.1 Å². The topological polar surface area (TPSA) is 42.0 Å². The van der Waals surface area contributed by atoms with Crippen LogP contribution < -0.4 is 4.74 Å². The van der Waals surface area contributed by atoms with E-state index in [0.717, 1.165) is 56.5 Å². The molecule has 3 fully saturated rings. The summed E-state index contributed by atoms with van der Waals surface area (Å²) in [4.78, 5) is 18.3. The third-order valence-electron chi connectivity index (χ3n) is 8.01. The molecule has 0 aliphatic carbocycles. The first-order valence-electron chi connectivity index (χ1n) is 12.5. The zero-order chi connectivity index (χ0) is 23.6. The summed E-state index contributed by atoms with van der Waals surface area (Å²) in [5.41, 5.74) is 0.255. The van der Waals surface area contributed by atoms with Crippen molar-refractivity contribution in [3.05, 3.63) is 66.0 Å². The van der Waals surface area contributed by atoms with E-state index < -0.39 is 5.41 Å². The van der Waals surface area contributed by atoms with Gasteiger partial charge in [-0.05, 0) is 82.1 Å². The third-order valence-corrected chi connectivity index (χ3v) is 8.01. The number of hydrogen-bond donors (Lipinski definition) is 0. The molecule has 0 N–H and O–H groups in total. The van der Waals surface area contributed by atoms with Crippen molar-refractivity contribution in [2.75, 3.05) is 39.8 Å². The molecule has 0 bridgehead atoms. The standard InChI is InChI=1S/C28H35FN2O3/c1-30-14-10-27(11-15-30,19-22-6-5-7-23(29)18-22)26(32)31-16-12-28(13-17-31)20-25(21-33-28)34-24-8-3-2-4-9-24/h2-9,18,25H,10-17,19-21H2,1H3. The Labute approximate surface area is 201 Å². The van der Waals surface area contributed by atoms with Crippen molar-refractivity contribution >= 4 is 5.91 Å². The van der Waals surface area contributed by atoms with E-state index >= 15 is 0 Å². The van der Waals surface area contributed by atoms with Gasteiger partial charge >= 0.3 is 0 Å². The Kier molecular flexibility index (Phi) is 6.63. The number of halogens is 1. The summed E-state index contributed by atoms with van der Waals surface area (Å²) in [6.45, 7) is 3.79. The average molecular weight is 467 g/mol. The van der Waals surface area contributed by atoms with E-state index in [-0.39, 0.29) is 23.4 Å². The molecule has 2 aromatic carbocycles. The number of ether oxygens (including phenoxy) is 2. The van der Waals surface area contributed by atoms with Crippen LogP contribution in [0, 0.1) is 11.2 Å². The van der Waals surface area contributed by atoms with Crippen molar-refractivity contribution in [3.8, 4) is 5.75 Å². The van der Waals surface area contributed by atoms with Crippen molar-refractivity contribution in [1.82, 2.24) is 9.80 Å². The summed E-state index contributed by atoms with van der Waals surface area (Å²) in [6.07, 6.45) is 4.81. The van der Waals surface area contributed by atoms with Crippen LogP contribution in [0.5, 0.6) is 5.75 Å². The maximum atomic E-state index is 13.9. The highest BCUT2D eigenvalue weighted by atomic mass is 19.1. The monoisotopic (exact) mass is 466 g/mol. The first kappa shape index (κ1) is 23.3. The maximum absolute atomic E-state index is 13.9. The highest BCUT2D eigenvalue weighted by Gasteiger charge is 2.48. The number of likely N-dealkylation sites (tertiary alicyclic amines) is 2. The summed E-state index contributed by atoms with van der Waals surface area (Å²) < 4.78 is 26.3. The molecule has 5 nitrogen and oxygen atoms in total. The van der Waals surface area contributed by atoms with Gasteiger partial charge in [0.05, 0.1) is 17.6 Å². The lowest BCUT2D eigenvalue weighted by molar-refractivity contribution is -0.149. The summed E-state index contributed by atoms with van der Waals surface area (Å²) in [5.74, 6) is 0.871. The van der Waals surface area contributed by atoms with Gasteiger partial charge < -0.3 is 19.3 Å². The lowest BCUT2D eigenvalue weighted by Gasteiger charge is -2.45. The predicted molar refractivity (Wildman–Crippen MR) is 129 cm³/mol. The molecule has 0 saturated carbocycles. The zero-order valence-electron chi connectivity index (χ0n) is 20.0. The van der Waals surface area contributed by atoms with Crippen molar-refractivity contribution in [2.45, 2.75) is 50.2 Å². The van der Waals surface area contributed by atoms with Gasteiger partial charge in [0.25, 0.3) is 0 Å². The molecule has 6 heteroatoms. The van der Waals surface area contributed by atoms with Crippen molar-refractivity contribution < 1.29 is 18.7 Å². The molecule has 3 saturated heterocycles. The molecule has 0 radical (unpaired) electrons. The van der Waals surface area contributed by atoms with Crippen LogP contribution in [0.25, 0.3) is 0 Å². The number of nitrogens with zero attached hydrogens (tertiary/aromatic N) is 2. The van der Waals surface area contributed by atoms with Crippen LogP contribution >= 0.6 is 0 Å². The Morgan fingerprint density at radius 1 is 1.03 bits per heavy atom.